The minimum atomic E-state index is 0.229. The van der Waals surface area contributed by atoms with Crippen molar-refractivity contribution in [1.82, 2.24) is 5.32 Å². The maximum absolute atomic E-state index is 6.17. The standard InChI is InChI=1S/C17H19Cl2NO/c1-3-21-16-8-5-13(6-9-16)12(2)20-11-14-4-7-15(18)10-17(14)19/h4-10,12,20H,3,11H2,1-2H3. The number of hydrogen-bond acceptors (Lipinski definition) is 2. The van der Waals surface area contributed by atoms with Crippen molar-refractivity contribution in [3.8, 4) is 5.75 Å². The predicted octanol–water partition coefficient (Wildman–Crippen LogP) is 5.24. The molecule has 0 saturated carbocycles. The predicted molar refractivity (Wildman–Crippen MR) is 89.3 cm³/mol. The Morgan fingerprint density at radius 2 is 1.81 bits per heavy atom. The largest absolute Gasteiger partial charge is 0.494 e. The third-order valence-electron chi connectivity index (χ3n) is 3.30. The second-order valence-corrected chi connectivity index (χ2v) is 5.68. The van der Waals surface area contributed by atoms with Gasteiger partial charge in [-0.2, -0.15) is 0 Å². The molecule has 0 aliphatic rings. The first-order valence-electron chi connectivity index (χ1n) is 7.00. The van der Waals surface area contributed by atoms with Gasteiger partial charge in [0.05, 0.1) is 6.61 Å². The lowest BCUT2D eigenvalue weighted by molar-refractivity contribution is 0.340. The minimum Gasteiger partial charge on any atom is -0.494 e. The normalized spacial score (nSPS) is 12.2. The summed E-state index contributed by atoms with van der Waals surface area (Å²) in [5.74, 6) is 0.897. The van der Waals surface area contributed by atoms with E-state index in [0.29, 0.717) is 23.2 Å². The molecule has 112 valence electrons. The van der Waals surface area contributed by atoms with Crippen molar-refractivity contribution in [2.24, 2.45) is 0 Å². The summed E-state index contributed by atoms with van der Waals surface area (Å²) in [6.45, 7) is 5.49. The van der Waals surface area contributed by atoms with E-state index in [9.17, 15) is 0 Å². The molecule has 4 heteroatoms. The van der Waals surface area contributed by atoms with Crippen LogP contribution in [0.4, 0.5) is 0 Å². The molecule has 2 aromatic rings. The molecule has 2 rings (SSSR count). The van der Waals surface area contributed by atoms with E-state index in [1.54, 1.807) is 6.07 Å². The summed E-state index contributed by atoms with van der Waals surface area (Å²) in [7, 11) is 0. The maximum Gasteiger partial charge on any atom is 0.119 e. The van der Waals surface area contributed by atoms with Crippen molar-refractivity contribution in [3.63, 3.8) is 0 Å². The summed E-state index contributed by atoms with van der Waals surface area (Å²) in [6.07, 6.45) is 0. The van der Waals surface area contributed by atoms with Crippen molar-refractivity contribution in [2.45, 2.75) is 26.4 Å². The minimum absolute atomic E-state index is 0.229. The Balaban J connectivity index is 1.96. The van der Waals surface area contributed by atoms with Crippen LogP contribution in [0.25, 0.3) is 0 Å². The van der Waals surface area contributed by atoms with Crippen LogP contribution in [0.5, 0.6) is 5.75 Å². The molecule has 2 nitrogen and oxygen atoms in total. The van der Waals surface area contributed by atoms with Gasteiger partial charge in [0, 0.05) is 22.6 Å². The molecular weight excluding hydrogens is 305 g/mol. The first-order valence-corrected chi connectivity index (χ1v) is 7.76. The van der Waals surface area contributed by atoms with E-state index < -0.39 is 0 Å². The maximum atomic E-state index is 6.17. The highest BCUT2D eigenvalue weighted by Gasteiger charge is 2.07. The topological polar surface area (TPSA) is 21.3 Å². The molecule has 0 aliphatic heterocycles. The summed E-state index contributed by atoms with van der Waals surface area (Å²) in [6, 6.07) is 13.9. The second-order valence-electron chi connectivity index (χ2n) is 4.84. The Morgan fingerprint density at radius 3 is 2.43 bits per heavy atom. The smallest absolute Gasteiger partial charge is 0.119 e. The van der Waals surface area contributed by atoms with Crippen LogP contribution in [0.3, 0.4) is 0 Å². The van der Waals surface area contributed by atoms with Crippen LogP contribution in [-0.4, -0.2) is 6.61 Å². The number of rotatable bonds is 6. The molecular formula is C17H19Cl2NO. The van der Waals surface area contributed by atoms with Gasteiger partial charge in [-0.25, -0.2) is 0 Å². The summed E-state index contributed by atoms with van der Waals surface area (Å²) >= 11 is 12.1. The number of halogens is 2. The molecule has 0 aliphatic carbocycles. The van der Waals surface area contributed by atoms with E-state index in [-0.39, 0.29) is 6.04 Å². The van der Waals surface area contributed by atoms with Gasteiger partial charge in [-0.3, -0.25) is 0 Å². The van der Waals surface area contributed by atoms with Crippen LogP contribution in [-0.2, 0) is 6.54 Å². The molecule has 2 aromatic carbocycles. The zero-order valence-electron chi connectivity index (χ0n) is 12.2. The molecule has 1 atom stereocenters. The van der Waals surface area contributed by atoms with Gasteiger partial charge >= 0.3 is 0 Å². The van der Waals surface area contributed by atoms with Crippen molar-refractivity contribution >= 4 is 23.2 Å². The lowest BCUT2D eigenvalue weighted by atomic mass is 10.1. The van der Waals surface area contributed by atoms with E-state index >= 15 is 0 Å². The molecule has 1 N–H and O–H groups in total. The van der Waals surface area contributed by atoms with Gasteiger partial charge in [-0.1, -0.05) is 41.4 Å². The van der Waals surface area contributed by atoms with Gasteiger partial charge < -0.3 is 10.1 Å². The van der Waals surface area contributed by atoms with E-state index in [4.69, 9.17) is 27.9 Å². The molecule has 1 unspecified atom stereocenters. The quantitative estimate of drug-likeness (QED) is 0.784. The molecule has 0 heterocycles. The summed E-state index contributed by atoms with van der Waals surface area (Å²) in [5, 5.41) is 4.80. The average Bonchev–Trinajstić information content (AvgIpc) is 2.47. The molecule has 0 spiro atoms. The highest BCUT2D eigenvalue weighted by Crippen LogP contribution is 2.22. The van der Waals surface area contributed by atoms with Crippen LogP contribution in [0, 0.1) is 0 Å². The van der Waals surface area contributed by atoms with Crippen LogP contribution >= 0.6 is 23.2 Å². The van der Waals surface area contributed by atoms with Gasteiger partial charge in [0.2, 0.25) is 0 Å². The number of nitrogens with one attached hydrogen (secondary N) is 1. The SMILES string of the molecule is CCOc1ccc(C(C)NCc2ccc(Cl)cc2Cl)cc1. The Morgan fingerprint density at radius 1 is 1.10 bits per heavy atom. The van der Waals surface area contributed by atoms with Crippen molar-refractivity contribution in [1.29, 1.82) is 0 Å². The monoisotopic (exact) mass is 323 g/mol. The fraction of sp³-hybridized carbons (Fsp3) is 0.294. The average molecular weight is 324 g/mol. The molecule has 0 fully saturated rings. The van der Waals surface area contributed by atoms with Crippen molar-refractivity contribution in [2.75, 3.05) is 6.61 Å². The molecule has 0 radical (unpaired) electrons. The van der Waals surface area contributed by atoms with Crippen LogP contribution < -0.4 is 10.1 Å². The van der Waals surface area contributed by atoms with Gasteiger partial charge in [0.15, 0.2) is 0 Å². The van der Waals surface area contributed by atoms with Gasteiger partial charge in [0.25, 0.3) is 0 Å². The van der Waals surface area contributed by atoms with Crippen LogP contribution in [0.15, 0.2) is 42.5 Å². The first kappa shape index (κ1) is 16.2. The molecule has 0 bridgehead atoms. The molecule has 0 amide bonds. The van der Waals surface area contributed by atoms with Gasteiger partial charge in [-0.05, 0) is 49.2 Å². The summed E-state index contributed by atoms with van der Waals surface area (Å²) in [5.41, 5.74) is 2.25. The summed E-state index contributed by atoms with van der Waals surface area (Å²) < 4.78 is 5.45. The van der Waals surface area contributed by atoms with Gasteiger partial charge in [0.1, 0.15) is 5.75 Å². The highest BCUT2D eigenvalue weighted by atomic mass is 35.5. The van der Waals surface area contributed by atoms with Crippen molar-refractivity contribution in [3.05, 3.63) is 63.6 Å². The van der Waals surface area contributed by atoms with E-state index in [1.807, 2.05) is 31.2 Å². The number of benzene rings is 2. The van der Waals surface area contributed by atoms with Gasteiger partial charge in [-0.15, -0.1) is 0 Å². The Kier molecular flexibility index (Phi) is 5.92. The molecule has 0 saturated heterocycles. The van der Waals surface area contributed by atoms with E-state index in [0.717, 1.165) is 11.3 Å². The fourth-order valence-electron chi connectivity index (χ4n) is 2.07. The third-order valence-corrected chi connectivity index (χ3v) is 3.89. The molecule has 21 heavy (non-hydrogen) atoms. The Hall–Kier alpha value is -1.22. The van der Waals surface area contributed by atoms with E-state index in [1.165, 1.54) is 5.56 Å². The zero-order valence-corrected chi connectivity index (χ0v) is 13.7. The van der Waals surface area contributed by atoms with Crippen LogP contribution in [0.2, 0.25) is 10.0 Å². The van der Waals surface area contributed by atoms with Crippen molar-refractivity contribution < 1.29 is 4.74 Å². The third kappa shape index (κ3) is 4.63. The molecule has 0 aromatic heterocycles. The van der Waals surface area contributed by atoms with E-state index in [2.05, 4.69) is 24.4 Å². The van der Waals surface area contributed by atoms with Crippen LogP contribution in [0.1, 0.15) is 31.0 Å². The Labute approximate surface area is 136 Å². The number of ether oxygens (including phenoxy) is 1. The second kappa shape index (κ2) is 7.69. The lowest BCUT2D eigenvalue weighted by Crippen LogP contribution is -2.18. The zero-order chi connectivity index (χ0) is 15.2. The summed E-state index contributed by atoms with van der Waals surface area (Å²) in [4.78, 5) is 0. The Bertz CT molecular complexity index is 584. The first-order chi connectivity index (χ1) is 10.1. The number of hydrogen-bond donors (Lipinski definition) is 1. The fourth-order valence-corrected chi connectivity index (χ4v) is 2.54. The lowest BCUT2D eigenvalue weighted by Gasteiger charge is -2.15. The highest BCUT2D eigenvalue weighted by molar-refractivity contribution is 6.35.